The monoisotopic (exact) mass is 107 g/mol. The molecule has 0 aliphatic rings. The van der Waals surface area contributed by atoms with Crippen LogP contribution in [0.1, 0.15) is 8.85 Å². The van der Waals surface area contributed by atoms with E-state index in [0.717, 1.165) is 0 Å². The molecular formula is C4H14N2O. The molecule has 0 radical (unpaired) electrons. The van der Waals surface area contributed by atoms with E-state index in [4.69, 9.17) is 0 Å². The SMILES string of the molecule is C.CNC(=O)NC.[2HH]. The highest BCUT2D eigenvalue weighted by Gasteiger charge is 1.81. The lowest BCUT2D eigenvalue weighted by Gasteiger charge is -1.91. The minimum Gasteiger partial charge on any atom is -0.341 e. The average Bonchev–Trinajstić information content (AvgIpc) is 1.65. The molecule has 0 heterocycles. The molecule has 0 aromatic rings. The Morgan fingerprint density at radius 2 is 1.71 bits per heavy atom. The zero-order valence-electron chi connectivity index (χ0n) is 3.91. The van der Waals surface area contributed by atoms with E-state index >= 15 is 0 Å². The van der Waals surface area contributed by atoms with Gasteiger partial charge in [-0.15, -0.1) is 0 Å². The van der Waals surface area contributed by atoms with Crippen LogP contribution in [0, 0.1) is 0 Å². The summed E-state index contributed by atoms with van der Waals surface area (Å²) in [7, 11) is 3.14. The van der Waals surface area contributed by atoms with E-state index in [1.807, 2.05) is 0 Å². The summed E-state index contributed by atoms with van der Waals surface area (Å²) in [5, 5.41) is 4.73. The van der Waals surface area contributed by atoms with Gasteiger partial charge in [-0.3, -0.25) is 0 Å². The maximum absolute atomic E-state index is 9.96. The van der Waals surface area contributed by atoms with Gasteiger partial charge >= 0.3 is 6.03 Å². The first-order chi connectivity index (χ1) is 2.81. The molecule has 46 valence electrons. The van der Waals surface area contributed by atoms with Crippen molar-refractivity contribution in [3.63, 3.8) is 0 Å². The van der Waals surface area contributed by atoms with Crippen LogP contribution in [0.25, 0.3) is 0 Å². The Morgan fingerprint density at radius 1 is 1.43 bits per heavy atom. The van der Waals surface area contributed by atoms with Crippen LogP contribution < -0.4 is 10.6 Å². The fourth-order valence-electron chi connectivity index (χ4n) is 0.125. The summed E-state index contributed by atoms with van der Waals surface area (Å²) < 4.78 is 0. The number of hydrogen-bond acceptors (Lipinski definition) is 1. The largest absolute Gasteiger partial charge is 0.341 e. The number of rotatable bonds is 0. The molecule has 3 nitrogen and oxygen atoms in total. The van der Waals surface area contributed by atoms with Crippen molar-refractivity contribution < 1.29 is 6.22 Å². The van der Waals surface area contributed by atoms with Gasteiger partial charge in [-0.25, -0.2) is 4.79 Å². The number of amides is 2. The van der Waals surface area contributed by atoms with E-state index in [9.17, 15) is 4.79 Å². The van der Waals surface area contributed by atoms with Gasteiger partial charge in [0.1, 0.15) is 0 Å². The number of hydrogen-bond donors (Lipinski definition) is 2. The predicted octanol–water partition coefficient (Wildman–Crippen LogP) is 0.427. The van der Waals surface area contributed by atoms with Crippen LogP contribution >= 0.6 is 0 Å². The van der Waals surface area contributed by atoms with Crippen LogP contribution in [0.4, 0.5) is 4.79 Å². The van der Waals surface area contributed by atoms with Crippen molar-refractivity contribution in [1.29, 1.82) is 0 Å². The van der Waals surface area contributed by atoms with E-state index in [-0.39, 0.29) is 14.9 Å². The van der Waals surface area contributed by atoms with Crippen molar-refractivity contribution in [2.24, 2.45) is 0 Å². The molecular weight excluding hydrogens is 92.1 g/mol. The Bertz CT molecular complexity index is 52.0. The lowest BCUT2D eigenvalue weighted by molar-refractivity contribution is 0.245. The first-order valence-electron chi connectivity index (χ1n) is 1.70. The molecule has 0 saturated heterocycles. The molecule has 0 spiro atoms. The summed E-state index contributed by atoms with van der Waals surface area (Å²) in [5.74, 6) is 0. The predicted molar refractivity (Wildman–Crippen MR) is 32.4 cm³/mol. The number of urea groups is 1. The van der Waals surface area contributed by atoms with Gasteiger partial charge in [-0.05, 0) is 0 Å². The molecule has 0 fully saturated rings. The quantitative estimate of drug-likeness (QED) is 0.463. The van der Waals surface area contributed by atoms with Gasteiger partial charge in [0.2, 0.25) is 0 Å². The molecule has 2 N–H and O–H groups in total. The standard InChI is InChI=1S/C3H8N2O.CH4.H2/c1-4-3(6)5-2;;/h1-2H3,(H2,4,5,6);1H4;1H/i;;1+1. The van der Waals surface area contributed by atoms with Gasteiger partial charge < -0.3 is 10.6 Å². The highest BCUT2D eigenvalue weighted by atomic mass is 16.2. The summed E-state index contributed by atoms with van der Waals surface area (Å²) >= 11 is 0. The fourth-order valence-corrected chi connectivity index (χ4v) is 0.125. The Hall–Kier alpha value is -0.730. The maximum atomic E-state index is 9.96. The first-order valence-corrected chi connectivity index (χ1v) is 1.70. The molecule has 0 aliphatic carbocycles. The molecule has 0 aromatic carbocycles. The molecule has 0 aromatic heterocycles. The average molecular weight is 107 g/mol. The topological polar surface area (TPSA) is 41.1 Å². The zero-order chi connectivity index (χ0) is 4.99. The van der Waals surface area contributed by atoms with Crippen LogP contribution in [0.5, 0.6) is 0 Å². The smallest absolute Gasteiger partial charge is 0.314 e. The van der Waals surface area contributed by atoms with Gasteiger partial charge in [0.05, 0.1) is 0 Å². The van der Waals surface area contributed by atoms with Gasteiger partial charge in [-0.1, -0.05) is 7.43 Å². The minimum absolute atomic E-state index is 0. The summed E-state index contributed by atoms with van der Waals surface area (Å²) in [6.07, 6.45) is 0. The number of carbonyl (C=O) groups excluding carboxylic acids is 1. The van der Waals surface area contributed by atoms with Crippen LogP contribution in [0.3, 0.4) is 0 Å². The molecule has 2 amide bonds. The summed E-state index contributed by atoms with van der Waals surface area (Å²) in [5.41, 5.74) is 0. The van der Waals surface area contributed by atoms with Gasteiger partial charge in [0.15, 0.2) is 0 Å². The highest BCUT2D eigenvalue weighted by molar-refractivity contribution is 5.72. The Balaban J connectivity index is -0.000000125. The van der Waals surface area contributed by atoms with Crippen LogP contribution in [0.2, 0.25) is 0 Å². The van der Waals surface area contributed by atoms with Crippen molar-refractivity contribution in [3.8, 4) is 0 Å². The van der Waals surface area contributed by atoms with Crippen molar-refractivity contribution in [2.75, 3.05) is 14.1 Å². The molecule has 3 heteroatoms. The highest BCUT2D eigenvalue weighted by Crippen LogP contribution is 1.48. The maximum Gasteiger partial charge on any atom is 0.314 e. The second-order valence-electron chi connectivity index (χ2n) is 0.829. The van der Waals surface area contributed by atoms with E-state index in [1.54, 1.807) is 14.1 Å². The minimum atomic E-state index is -0.157. The van der Waals surface area contributed by atoms with Gasteiger partial charge in [0.25, 0.3) is 0 Å². The summed E-state index contributed by atoms with van der Waals surface area (Å²) in [6.45, 7) is 0. The molecule has 7 heavy (non-hydrogen) atoms. The summed E-state index contributed by atoms with van der Waals surface area (Å²) in [6, 6.07) is -0.157. The lowest BCUT2D eigenvalue weighted by atomic mass is 11.0. The molecule has 0 atom stereocenters. The van der Waals surface area contributed by atoms with Crippen molar-refractivity contribution in [1.82, 2.24) is 10.6 Å². The van der Waals surface area contributed by atoms with E-state index in [2.05, 4.69) is 10.6 Å². The first kappa shape index (κ1) is 9.55. The van der Waals surface area contributed by atoms with Crippen LogP contribution in [0.15, 0.2) is 0 Å². The van der Waals surface area contributed by atoms with E-state index in [1.165, 1.54) is 0 Å². The molecule has 0 rings (SSSR count). The van der Waals surface area contributed by atoms with Gasteiger partial charge in [-0.2, -0.15) is 0 Å². The normalized spacial score (nSPS) is 6.00. The second-order valence-corrected chi connectivity index (χ2v) is 0.829. The third-order valence-electron chi connectivity index (χ3n) is 0.454. The van der Waals surface area contributed by atoms with Crippen molar-refractivity contribution in [3.05, 3.63) is 0 Å². The molecule has 0 saturated carbocycles. The Morgan fingerprint density at radius 3 is 1.71 bits per heavy atom. The van der Waals surface area contributed by atoms with Crippen LogP contribution in [-0.2, 0) is 0 Å². The number of nitrogens with one attached hydrogen (secondary N) is 2. The van der Waals surface area contributed by atoms with Crippen molar-refractivity contribution in [2.45, 2.75) is 7.43 Å². The fraction of sp³-hybridized carbons (Fsp3) is 0.750. The van der Waals surface area contributed by atoms with E-state index < -0.39 is 0 Å². The number of carbonyl (C=O) groups is 1. The second kappa shape index (κ2) is 5.27. The Labute approximate surface area is 45.6 Å². The van der Waals surface area contributed by atoms with Crippen molar-refractivity contribution >= 4 is 6.03 Å². The van der Waals surface area contributed by atoms with Gasteiger partial charge in [0, 0.05) is 15.5 Å². The third-order valence-corrected chi connectivity index (χ3v) is 0.454. The molecule has 0 bridgehead atoms. The lowest BCUT2D eigenvalue weighted by Crippen LogP contribution is -2.28. The molecule has 0 aliphatic heterocycles. The van der Waals surface area contributed by atoms with E-state index in [0.29, 0.717) is 0 Å². The van der Waals surface area contributed by atoms with Crippen LogP contribution in [-0.4, -0.2) is 20.1 Å². The Kier molecular flexibility index (Phi) is 7.19. The zero-order valence-corrected chi connectivity index (χ0v) is 3.91. The third kappa shape index (κ3) is 5.27. The molecule has 0 unspecified atom stereocenters. The summed E-state index contributed by atoms with van der Waals surface area (Å²) in [4.78, 5) is 9.96.